The fourth-order valence-electron chi connectivity index (χ4n) is 0.589. The number of rotatable bonds is 3. The lowest BCUT2D eigenvalue weighted by Gasteiger charge is -2.12. The zero-order valence-corrected chi connectivity index (χ0v) is 7.59. The molecule has 11 heavy (non-hydrogen) atoms. The standard InChI is InChI=1S/C5H12NO4P/c1-4(5(7)10-2)6-11(3,8)9/h4H,1-3H3,(H2,6,8,9)/t4-/m0/s1. The van der Waals surface area contributed by atoms with Crippen LogP contribution in [0.3, 0.4) is 0 Å². The van der Waals surface area contributed by atoms with Crippen LogP contribution >= 0.6 is 7.52 Å². The molecule has 0 radical (unpaired) electrons. The van der Waals surface area contributed by atoms with E-state index < -0.39 is 19.5 Å². The molecule has 0 amide bonds. The molecule has 6 heteroatoms. The zero-order chi connectivity index (χ0) is 9.07. The summed E-state index contributed by atoms with van der Waals surface area (Å²) in [5.74, 6) is -0.555. The Morgan fingerprint density at radius 2 is 2.18 bits per heavy atom. The van der Waals surface area contributed by atoms with Gasteiger partial charge in [0.15, 0.2) is 0 Å². The van der Waals surface area contributed by atoms with Crippen LogP contribution in [0.4, 0.5) is 0 Å². The van der Waals surface area contributed by atoms with Gasteiger partial charge in [-0.05, 0) is 6.92 Å². The second kappa shape index (κ2) is 3.85. The van der Waals surface area contributed by atoms with E-state index in [4.69, 9.17) is 4.89 Å². The van der Waals surface area contributed by atoms with Crippen molar-refractivity contribution < 1.29 is 19.0 Å². The molecule has 1 unspecified atom stereocenters. The molecular weight excluding hydrogens is 169 g/mol. The molecule has 0 aromatic heterocycles. The molecule has 0 saturated carbocycles. The second-order valence-corrected chi connectivity index (χ2v) is 4.27. The Balaban J connectivity index is 3.98. The Kier molecular flexibility index (Phi) is 3.72. The highest BCUT2D eigenvalue weighted by Crippen LogP contribution is 2.29. The number of ether oxygens (including phenoxy) is 1. The lowest BCUT2D eigenvalue weighted by atomic mass is 10.4. The van der Waals surface area contributed by atoms with Gasteiger partial charge in [-0.2, -0.15) is 0 Å². The van der Waals surface area contributed by atoms with Crippen molar-refractivity contribution >= 4 is 13.5 Å². The van der Waals surface area contributed by atoms with E-state index in [1.165, 1.54) is 14.0 Å². The van der Waals surface area contributed by atoms with Crippen molar-refractivity contribution in [3.05, 3.63) is 0 Å². The van der Waals surface area contributed by atoms with Crippen molar-refractivity contribution in [1.82, 2.24) is 5.09 Å². The summed E-state index contributed by atoms with van der Waals surface area (Å²) in [6.07, 6.45) is 0. The van der Waals surface area contributed by atoms with Crippen molar-refractivity contribution in [2.75, 3.05) is 13.8 Å². The third-order valence-electron chi connectivity index (χ3n) is 0.988. The van der Waals surface area contributed by atoms with Crippen LogP contribution in [-0.4, -0.2) is 30.7 Å². The lowest BCUT2D eigenvalue weighted by molar-refractivity contribution is -0.142. The predicted octanol–water partition coefficient (Wildman–Crippen LogP) is -0.0473. The van der Waals surface area contributed by atoms with E-state index in [1.807, 2.05) is 0 Å². The Bertz CT molecular complexity index is 187. The molecule has 0 saturated heterocycles. The first-order chi connectivity index (χ1) is 4.87. The van der Waals surface area contributed by atoms with Gasteiger partial charge in [0.05, 0.1) is 7.11 Å². The van der Waals surface area contributed by atoms with Crippen molar-refractivity contribution in [2.24, 2.45) is 0 Å². The number of carbonyl (C=O) groups excluding carboxylic acids is 1. The van der Waals surface area contributed by atoms with Crippen LogP contribution in [0.25, 0.3) is 0 Å². The molecule has 2 atom stereocenters. The molecule has 0 aliphatic carbocycles. The van der Waals surface area contributed by atoms with Crippen LogP contribution in [0, 0.1) is 0 Å². The molecule has 0 aliphatic rings. The van der Waals surface area contributed by atoms with Crippen LogP contribution < -0.4 is 5.09 Å². The molecule has 5 nitrogen and oxygen atoms in total. The maximum atomic E-state index is 10.7. The van der Waals surface area contributed by atoms with Gasteiger partial charge in [-0.25, -0.2) is 5.09 Å². The Morgan fingerprint density at radius 1 is 1.73 bits per heavy atom. The first kappa shape index (κ1) is 10.6. The van der Waals surface area contributed by atoms with Crippen molar-refractivity contribution in [3.8, 4) is 0 Å². The fraction of sp³-hybridized carbons (Fsp3) is 0.800. The third-order valence-corrected chi connectivity index (χ3v) is 1.85. The number of methoxy groups -OCH3 is 1. The largest absolute Gasteiger partial charge is 0.468 e. The summed E-state index contributed by atoms with van der Waals surface area (Å²) in [6, 6.07) is -0.749. The number of carbonyl (C=O) groups is 1. The highest BCUT2D eigenvalue weighted by molar-refractivity contribution is 7.55. The molecule has 0 heterocycles. The summed E-state index contributed by atoms with van der Waals surface area (Å²) in [6.45, 7) is 2.57. The summed E-state index contributed by atoms with van der Waals surface area (Å²) in [5.41, 5.74) is 0. The van der Waals surface area contributed by atoms with E-state index in [9.17, 15) is 9.36 Å². The molecule has 0 aromatic carbocycles. The Labute approximate surface area is 65.3 Å². The van der Waals surface area contributed by atoms with Crippen LogP contribution in [0.2, 0.25) is 0 Å². The maximum absolute atomic E-state index is 10.7. The van der Waals surface area contributed by atoms with Crippen LogP contribution in [0.5, 0.6) is 0 Å². The maximum Gasteiger partial charge on any atom is 0.323 e. The van der Waals surface area contributed by atoms with Gasteiger partial charge in [-0.1, -0.05) is 0 Å². The summed E-state index contributed by atoms with van der Waals surface area (Å²) in [5, 5.41) is 2.21. The highest BCUT2D eigenvalue weighted by Gasteiger charge is 2.19. The number of hydrogen-bond donors (Lipinski definition) is 2. The summed E-state index contributed by atoms with van der Waals surface area (Å²) in [7, 11) is -2.12. The van der Waals surface area contributed by atoms with E-state index in [1.54, 1.807) is 0 Å². The lowest BCUT2D eigenvalue weighted by Crippen LogP contribution is -2.32. The van der Waals surface area contributed by atoms with Crippen molar-refractivity contribution in [1.29, 1.82) is 0 Å². The van der Waals surface area contributed by atoms with Crippen LogP contribution in [0.1, 0.15) is 6.92 Å². The minimum Gasteiger partial charge on any atom is -0.468 e. The molecule has 0 rings (SSSR count). The molecule has 0 aromatic rings. The summed E-state index contributed by atoms with van der Waals surface area (Å²) < 4.78 is 15.0. The molecule has 2 N–H and O–H groups in total. The Morgan fingerprint density at radius 3 is 2.45 bits per heavy atom. The van der Waals surface area contributed by atoms with E-state index in [0.717, 1.165) is 6.66 Å². The van der Waals surface area contributed by atoms with Gasteiger partial charge < -0.3 is 9.63 Å². The molecular formula is C5H12NO4P. The minimum atomic E-state index is -3.34. The average Bonchev–Trinajstić information content (AvgIpc) is 1.82. The molecule has 0 bridgehead atoms. The highest BCUT2D eigenvalue weighted by atomic mass is 31.2. The first-order valence-corrected chi connectivity index (χ1v) is 5.13. The van der Waals surface area contributed by atoms with Crippen molar-refractivity contribution in [3.63, 3.8) is 0 Å². The molecule has 66 valence electrons. The Hall–Kier alpha value is -0.380. The van der Waals surface area contributed by atoms with Gasteiger partial charge in [0, 0.05) is 6.66 Å². The van der Waals surface area contributed by atoms with Gasteiger partial charge in [0.1, 0.15) is 6.04 Å². The summed E-state index contributed by atoms with van der Waals surface area (Å²) in [4.78, 5) is 19.4. The van der Waals surface area contributed by atoms with Gasteiger partial charge in [-0.3, -0.25) is 9.36 Å². The number of hydrogen-bond acceptors (Lipinski definition) is 3. The SMILES string of the molecule is COC(=O)[C@H](C)NP(C)(=O)O. The second-order valence-electron chi connectivity index (χ2n) is 2.25. The van der Waals surface area contributed by atoms with E-state index in [0.29, 0.717) is 0 Å². The normalized spacial score (nSPS) is 18.5. The monoisotopic (exact) mass is 181 g/mol. The summed E-state index contributed by atoms with van der Waals surface area (Å²) >= 11 is 0. The fourth-order valence-corrected chi connectivity index (χ4v) is 1.41. The minimum absolute atomic E-state index is 0.555. The van der Waals surface area contributed by atoms with E-state index >= 15 is 0 Å². The smallest absolute Gasteiger partial charge is 0.323 e. The molecule has 0 fully saturated rings. The van der Waals surface area contributed by atoms with Gasteiger partial charge in [0.2, 0.25) is 0 Å². The average molecular weight is 181 g/mol. The first-order valence-electron chi connectivity index (χ1n) is 3.02. The number of esters is 1. The van der Waals surface area contributed by atoms with Gasteiger partial charge >= 0.3 is 5.97 Å². The van der Waals surface area contributed by atoms with E-state index in [-0.39, 0.29) is 0 Å². The van der Waals surface area contributed by atoms with Gasteiger partial charge in [-0.15, -0.1) is 0 Å². The van der Waals surface area contributed by atoms with Gasteiger partial charge in [0.25, 0.3) is 7.52 Å². The van der Waals surface area contributed by atoms with Crippen molar-refractivity contribution in [2.45, 2.75) is 13.0 Å². The van der Waals surface area contributed by atoms with E-state index in [2.05, 4.69) is 9.82 Å². The topological polar surface area (TPSA) is 75.6 Å². The number of nitrogens with one attached hydrogen (secondary N) is 1. The third kappa shape index (κ3) is 4.95. The quantitative estimate of drug-likeness (QED) is 0.471. The molecule has 0 spiro atoms. The zero-order valence-electron chi connectivity index (χ0n) is 6.70. The molecule has 0 aliphatic heterocycles. The predicted molar refractivity (Wildman–Crippen MR) is 40.4 cm³/mol. The van der Waals surface area contributed by atoms with Crippen LogP contribution in [0.15, 0.2) is 0 Å². The van der Waals surface area contributed by atoms with Crippen LogP contribution in [-0.2, 0) is 14.1 Å².